The fraction of sp³-hybridized carbons (Fsp3) is 0.111. The third kappa shape index (κ3) is 4.34. The maximum atomic E-state index is 12.6. The highest BCUT2D eigenvalue weighted by Gasteiger charge is 2.31. The number of halogens is 1. The molecule has 3 rings (SSSR count). The first kappa shape index (κ1) is 17.8. The smallest absolute Gasteiger partial charge is 0.267 e. The Balaban J connectivity index is 1.69. The van der Waals surface area contributed by atoms with Gasteiger partial charge in [0.15, 0.2) is 0 Å². The number of benzene rings is 2. The Kier molecular flexibility index (Phi) is 5.63. The van der Waals surface area contributed by atoms with Gasteiger partial charge >= 0.3 is 0 Å². The van der Waals surface area contributed by atoms with Crippen LogP contribution in [0.15, 0.2) is 53.4 Å². The number of anilines is 1. The standard InChI is InChI=1S/C18H15ClN2O2S2/c1-23-15-7-5-12(6-8-15)9-16-17(22)21(18(24)25-16)11-20-14-4-2-3-13(19)10-14/h2-10,20H,11H2,1H3/b16-9+. The van der Waals surface area contributed by atoms with Crippen LogP contribution in [0.5, 0.6) is 5.75 Å². The molecule has 1 saturated heterocycles. The van der Waals surface area contributed by atoms with E-state index in [1.807, 2.05) is 42.5 Å². The average molecular weight is 391 g/mol. The molecule has 1 amide bonds. The van der Waals surface area contributed by atoms with Crippen LogP contribution >= 0.6 is 35.6 Å². The van der Waals surface area contributed by atoms with Gasteiger partial charge in [-0.3, -0.25) is 9.69 Å². The molecule has 1 heterocycles. The van der Waals surface area contributed by atoms with Gasteiger partial charge in [0.1, 0.15) is 10.1 Å². The van der Waals surface area contributed by atoms with Crippen LogP contribution in [0.25, 0.3) is 6.08 Å². The summed E-state index contributed by atoms with van der Waals surface area (Å²) in [5.41, 5.74) is 1.75. The molecule has 1 aliphatic heterocycles. The van der Waals surface area contributed by atoms with Gasteiger partial charge in [-0.15, -0.1) is 0 Å². The van der Waals surface area contributed by atoms with Crippen molar-refractivity contribution in [2.45, 2.75) is 0 Å². The molecule has 0 spiro atoms. The van der Waals surface area contributed by atoms with Gasteiger partial charge in [0.2, 0.25) is 0 Å². The zero-order valence-corrected chi connectivity index (χ0v) is 15.8. The monoisotopic (exact) mass is 390 g/mol. The lowest BCUT2D eigenvalue weighted by molar-refractivity contribution is -0.121. The largest absolute Gasteiger partial charge is 0.497 e. The zero-order valence-electron chi connectivity index (χ0n) is 13.4. The summed E-state index contributed by atoms with van der Waals surface area (Å²) in [4.78, 5) is 14.7. The van der Waals surface area contributed by atoms with Crippen LogP contribution in [0.4, 0.5) is 5.69 Å². The van der Waals surface area contributed by atoms with Crippen molar-refractivity contribution in [3.63, 3.8) is 0 Å². The lowest BCUT2D eigenvalue weighted by Crippen LogP contribution is -2.33. The Bertz CT molecular complexity index is 837. The number of carbonyl (C=O) groups is 1. The summed E-state index contributed by atoms with van der Waals surface area (Å²) in [7, 11) is 1.62. The molecule has 0 aliphatic carbocycles. The zero-order chi connectivity index (χ0) is 17.8. The Labute approximate surface area is 160 Å². The molecule has 2 aromatic rings. The van der Waals surface area contributed by atoms with E-state index in [1.165, 1.54) is 16.7 Å². The highest BCUT2D eigenvalue weighted by Crippen LogP contribution is 2.32. The molecule has 2 aromatic carbocycles. The van der Waals surface area contributed by atoms with Crippen LogP contribution in [-0.4, -0.2) is 28.9 Å². The first-order chi connectivity index (χ1) is 12.1. The molecule has 0 aromatic heterocycles. The molecule has 1 N–H and O–H groups in total. The van der Waals surface area contributed by atoms with Gasteiger partial charge in [0.25, 0.3) is 5.91 Å². The predicted octanol–water partition coefficient (Wildman–Crippen LogP) is 4.62. The molecular weight excluding hydrogens is 376 g/mol. The predicted molar refractivity (Wildman–Crippen MR) is 108 cm³/mol. The number of nitrogens with zero attached hydrogens (tertiary/aromatic N) is 1. The van der Waals surface area contributed by atoms with Crippen LogP contribution in [0, 0.1) is 0 Å². The highest BCUT2D eigenvalue weighted by molar-refractivity contribution is 8.26. The van der Waals surface area contributed by atoms with E-state index >= 15 is 0 Å². The minimum Gasteiger partial charge on any atom is -0.497 e. The first-order valence-electron chi connectivity index (χ1n) is 7.45. The van der Waals surface area contributed by atoms with Crippen LogP contribution in [0.1, 0.15) is 5.56 Å². The van der Waals surface area contributed by atoms with E-state index in [4.69, 9.17) is 28.6 Å². The summed E-state index contributed by atoms with van der Waals surface area (Å²) < 4.78 is 5.66. The van der Waals surface area contributed by atoms with Gasteiger partial charge in [-0.05, 0) is 42.0 Å². The Morgan fingerprint density at radius 3 is 2.72 bits per heavy atom. The molecule has 1 aliphatic rings. The topological polar surface area (TPSA) is 41.6 Å². The second-order valence-electron chi connectivity index (χ2n) is 5.23. The number of thiocarbonyl (C=S) groups is 1. The fourth-order valence-corrected chi connectivity index (χ4v) is 3.70. The fourth-order valence-electron chi connectivity index (χ4n) is 2.26. The number of carbonyl (C=O) groups excluding carboxylic acids is 1. The van der Waals surface area contributed by atoms with Crippen LogP contribution < -0.4 is 10.1 Å². The summed E-state index contributed by atoms with van der Waals surface area (Å²) in [6.45, 7) is 0.297. The molecule has 0 saturated carbocycles. The summed E-state index contributed by atoms with van der Waals surface area (Å²) in [6, 6.07) is 14.8. The van der Waals surface area contributed by atoms with E-state index in [2.05, 4.69) is 5.32 Å². The quantitative estimate of drug-likeness (QED) is 0.596. The van der Waals surface area contributed by atoms with E-state index in [1.54, 1.807) is 19.2 Å². The molecule has 25 heavy (non-hydrogen) atoms. The van der Waals surface area contributed by atoms with Gasteiger partial charge in [-0.1, -0.05) is 53.8 Å². The van der Waals surface area contributed by atoms with Gasteiger partial charge in [-0.2, -0.15) is 0 Å². The molecule has 7 heteroatoms. The van der Waals surface area contributed by atoms with Crippen LogP contribution in [0.3, 0.4) is 0 Å². The summed E-state index contributed by atoms with van der Waals surface area (Å²) in [6.07, 6.45) is 1.83. The van der Waals surface area contributed by atoms with Gasteiger partial charge in [0, 0.05) is 10.7 Å². The van der Waals surface area contributed by atoms with E-state index in [0.29, 0.717) is 20.9 Å². The number of ether oxygens (including phenoxy) is 1. The van der Waals surface area contributed by atoms with E-state index < -0.39 is 0 Å². The number of nitrogens with one attached hydrogen (secondary N) is 1. The summed E-state index contributed by atoms with van der Waals surface area (Å²) >= 11 is 12.6. The van der Waals surface area contributed by atoms with Crippen molar-refractivity contribution < 1.29 is 9.53 Å². The molecule has 1 fully saturated rings. The van der Waals surface area contributed by atoms with Gasteiger partial charge in [0.05, 0.1) is 18.7 Å². The number of hydrogen-bond acceptors (Lipinski definition) is 5. The summed E-state index contributed by atoms with van der Waals surface area (Å²) in [5, 5.41) is 3.80. The van der Waals surface area contributed by atoms with Crippen molar-refractivity contribution in [3.05, 3.63) is 64.0 Å². The number of hydrogen-bond donors (Lipinski definition) is 1. The van der Waals surface area contributed by atoms with Gasteiger partial charge < -0.3 is 10.1 Å². The molecular formula is C18H15ClN2O2S2. The number of thioether (sulfide) groups is 1. The number of amides is 1. The van der Waals surface area contributed by atoms with E-state index in [9.17, 15) is 4.79 Å². The summed E-state index contributed by atoms with van der Waals surface area (Å²) in [5.74, 6) is 0.663. The molecule has 0 atom stereocenters. The highest BCUT2D eigenvalue weighted by atomic mass is 35.5. The van der Waals surface area contributed by atoms with Crippen molar-refractivity contribution in [2.75, 3.05) is 19.1 Å². The minimum absolute atomic E-state index is 0.111. The normalized spacial score (nSPS) is 15.8. The third-order valence-electron chi connectivity index (χ3n) is 3.55. The van der Waals surface area contributed by atoms with Crippen LogP contribution in [0.2, 0.25) is 5.02 Å². The molecule has 0 bridgehead atoms. The van der Waals surface area contributed by atoms with Crippen molar-refractivity contribution in [1.82, 2.24) is 4.90 Å². The second kappa shape index (κ2) is 7.91. The van der Waals surface area contributed by atoms with Crippen molar-refractivity contribution in [2.24, 2.45) is 0 Å². The molecule has 0 unspecified atom stereocenters. The lowest BCUT2D eigenvalue weighted by atomic mass is 10.2. The second-order valence-corrected chi connectivity index (χ2v) is 7.34. The van der Waals surface area contributed by atoms with Crippen LogP contribution in [-0.2, 0) is 4.79 Å². The Hall–Kier alpha value is -2.02. The number of methoxy groups -OCH3 is 1. The van der Waals surface area contributed by atoms with Gasteiger partial charge in [-0.25, -0.2) is 0 Å². The van der Waals surface area contributed by atoms with Crippen molar-refractivity contribution in [1.29, 1.82) is 0 Å². The average Bonchev–Trinajstić information content (AvgIpc) is 2.87. The Morgan fingerprint density at radius 2 is 2.04 bits per heavy atom. The minimum atomic E-state index is -0.111. The van der Waals surface area contributed by atoms with E-state index in [0.717, 1.165) is 17.0 Å². The maximum absolute atomic E-state index is 12.6. The SMILES string of the molecule is COc1ccc(/C=C2/SC(=S)N(CNc3cccc(Cl)c3)C2=O)cc1. The van der Waals surface area contributed by atoms with Crippen molar-refractivity contribution >= 4 is 57.6 Å². The Morgan fingerprint density at radius 1 is 1.28 bits per heavy atom. The lowest BCUT2D eigenvalue weighted by Gasteiger charge is -2.16. The first-order valence-corrected chi connectivity index (χ1v) is 9.06. The number of rotatable bonds is 5. The van der Waals surface area contributed by atoms with Crippen molar-refractivity contribution in [3.8, 4) is 5.75 Å². The maximum Gasteiger partial charge on any atom is 0.267 e. The molecule has 0 radical (unpaired) electrons. The molecule has 4 nitrogen and oxygen atoms in total. The van der Waals surface area contributed by atoms with E-state index in [-0.39, 0.29) is 5.91 Å². The molecule has 128 valence electrons. The third-order valence-corrected chi connectivity index (χ3v) is 5.17.